The quantitative estimate of drug-likeness (QED) is 0.808. The van der Waals surface area contributed by atoms with E-state index in [-0.39, 0.29) is 5.82 Å². The van der Waals surface area contributed by atoms with E-state index in [4.69, 9.17) is 0 Å². The average Bonchev–Trinajstić information content (AvgIpc) is 3.14. The number of aromatic nitrogens is 4. The number of hydrogen-bond acceptors (Lipinski definition) is 3. The summed E-state index contributed by atoms with van der Waals surface area (Å²) in [6.07, 6.45) is 4.70. The minimum Gasteiger partial charge on any atom is -0.337 e. The normalized spacial score (nSPS) is 14.9. The second-order valence-corrected chi connectivity index (χ2v) is 5.95. The van der Waals surface area contributed by atoms with E-state index in [2.05, 4.69) is 20.1 Å². The molecule has 0 spiro atoms. The molecule has 1 aromatic carbocycles. The van der Waals surface area contributed by atoms with Gasteiger partial charge in [-0.1, -0.05) is 12.1 Å². The highest BCUT2D eigenvalue weighted by molar-refractivity contribution is 5.64. The van der Waals surface area contributed by atoms with Crippen molar-refractivity contribution in [1.29, 1.82) is 0 Å². The van der Waals surface area contributed by atoms with Crippen molar-refractivity contribution in [2.75, 3.05) is 6.54 Å². The van der Waals surface area contributed by atoms with Gasteiger partial charge in [0.1, 0.15) is 11.6 Å². The fourth-order valence-electron chi connectivity index (χ4n) is 3.11. The number of imidazole rings is 1. The molecule has 0 radical (unpaired) electrons. The number of halogens is 1. The Morgan fingerprint density at radius 1 is 1.35 bits per heavy atom. The Morgan fingerprint density at radius 2 is 2.26 bits per heavy atom. The van der Waals surface area contributed by atoms with E-state index in [0.29, 0.717) is 0 Å². The molecular formula is C17H18FN5. The van der Waals surface area contributed by atoms with Crippen LogP contribution >= 0.6 is 0 Å². The second-order valence-electron chi connectivity index (χ2n) is 5.95. The number of fused-ring (bicyclic) bond motifs is 1. The molecule has 2 aromatic heterocycles. The lowest BCUT2D eigenvalue weighted by atomic mass is 10.0. The first-order valence-corrected chi connectivity index (χ1v) is 7.71. The van der Waals surface area contributed by atoms with Crippen molar-refractivity contribution in [2.45, 2.75) is 19.5 Å². The number of nitrogens with zero attached hydrogens (tertiary/aromatic N) is 4. The lowest BCUT2D eigenvalue weighted by Gasteiger charge is -2.26. The van der Waals surface area contributed by atoms with Crippen molar-refractivity contribution >= 4 is 0 Å². The van der Waals surface area contributed by atoms with Crippen LogP contribution in [0.5, 0.6) is 0 Å². The van der Waals surface area contributed by atoms with Gasteiger partial charge in [-0.3, -0.25) is 10.00 Å². The van der Waals surface area contributed by atoms with E-state index < -0.39 is 0 Å². The molecule has 0 amide bonds. The molecule has 0 aliphatic carbocycles. The van der Waals surface area contributed by atoms with Gasteiger partial charge in [-0.2, -0.15) is 5.10 Å². The standard InChI is InChI=1S/C17H18FN5/c1-22-8-6-19-16(22)11-23-7-5-15-14(10-23)17(21-20-15)12-3-2-4-13(18)9-12/h2-4,6,8-9H,5,7,10-11H2,1H3,(H,20,21). The van der Waals surface area contributed by atoms with Crippen LogP contribution in [0.3, 0.4) is 0 Å². The second kappa shape index (κ2) is 5.62. The van der Waals surface area contributed by atoms with E-state index in [9.17, 15) is 4.39 Å². The summed E-state index contributed by atoms with van der Waals surface area (Å²) in [6, 6.07) is 6.61. The Kier molecular flexibility index (Phi) is 3.46. The monoisotopic (exact) mass is 311 g/mol. The zero-order chi connectivity index (χ0) is 15.8. The van der Waals surface area contributed by atoms with Crippen LogP contribution in [0.1, 0.15) is 17.1 Å². The molecular weight excluding hydrogens is 293 g/mol. The Balaban J connectivity index is 1.61. The molecule has 5 nitrogen and oxygen atoms in total. The largest absolute Gasteiger partial charge is 0.337 e. The number of rotatable bonds is 3. The predicted octanol–water partition coefficient (Wildman–Crippen LogP) is 2.51. The third kappa shape index (κ3) is 2.66. The van der Waals surface area contributed by atoms with Crippen LogP contribution in [0, 0.1) is 5.82 Å². The maximum Gasteiger partial charge on any atom is 0.123 e. The number of benzene rings is 1. The van der Waals surface area contributed by atoms with Crippen LogP contribution in [-0.4, -0.2) is 31.2 Å². The summed E-state index contributed by atoms with van der Waals surface area (Å²) in [7, 11) is 2.01. The zero-order valence-corrected chi connectivity index (χ0v) is 13.0. The molecule has 1 aliphatic rings. The summed E-state index contributed by atoms with van der Waals surface area (Å²) in [4.78, 5) is 6.74. The van der Waals surface area contributed by atoms with Gasteiger partial charge in [0.25, 0.3) is 0 Å². The molecule has 0 bridgehead atoms. The molecule has 0 fully saturated rings. The molecule has 0 saturated carbocycles. The van der Waals surface area contributed by atoms with Crippen molar-refractivity contribution in [3.63, 3.8) is 0 Å². The molecule has 4 rings (SSSR count). The molecule has 118 valence electrons. The van der Waals surface area contributed by atoms with Gasteiger partial charge in [0, 0.05) is 55.8 Å². The minimum atomic E-state index is -0.236. The summed E-state index contributed by atoms with van der Waals surface area (Å²) < 4.78 is 15.5. The molecule has 3 heterocycles. The summed E-state index contributed by atoms with van der Waals surface area (Å²) in [5.41, 5.74) is 3.99. The number of aromatic amines is 1. The van der Waals surface area contributed by atoms with Crippen LogP contribution < -0.4 is 0 Å². The van der Waals surface area contributed by atoms with Crippen LogP contribution in [0.2, 0.25) is 0 Å². The van der Waals surface area contributed by atoms with Crippen molar-refractivity contribution in [3.8, 4) is 11.3 Å². The van der Waals surface area contributed by atoms with Crippen molar-refractivity contribution < 1.29 is 4.39 Å². The number of aryl methyl sites for hydroxylation is 1. The van der Waals surface area contributed by atoms with E-state index in [1.807, 2.05) is 30.1 Å². The average molecular weight is 311 g/mol. The highest BCUT2D eigenvalue weighted by Gasteiger charge is 2.23. The Bertz CT molecular complexity index is 835. The number of nitrogens with one attached hydrogen (secondary N) is 1. The first kappa shape index (κ1) is 14.1. The molecule has 0 unspecified atom stereocenters. The third-order valence-corrected chi connectivity index (χ3v) is 4.40. The highest BCUT2D eigenvalue weighted by atomic mass is 19.1. The minimum absolute atomic E-state index is 0.236. The maximum absolute atomic E-state index is 13.5. The molecule has 6 heteroatoms. The van der Waals surface area contributed by atoms with Crippen LogP contribution in [0.25, 0.3) is 11.3 Å². The van der Waals surface area contributed by atoms with E-state index in [1.54, 1.807) is 6.07 Å². The van der Waals surface area contributed by atoms with Crippen LogP contribution in [0.4, 0.5) is 4.39 Å². The Morgan fingerprint density at radius 3 is 3.04 bits per heavy atom. The van der Waals surface area contributed by atoms with Crippen LogP contribution in [-0.2, 0) is 26.6 Å². The third-order valence-electron chi connectivity index (χ3n) is 4.40. The number of H-pyrrole nitrogens is 1. The molecule has 0 saturated heterocycles. The first-order chi connectivity index (χ1) is 11.2. The van der Waals surface area contributed by atoms with Gasteiger partial charge in [-0.25, -0.2) is 9.37 Å². The Labute approximate surface area is 133 Å². The molecule has 23 heavy (non-hydrogen) atoms. The fourth-order valence-corrected chi connectivity index (χ4v) is 3.11. The molecule has 3 aromatic rings. The van der Waals surface area contributed by atoms with E-state index in [1.165, 1.54) is 12.1 Å². The predicted molar refractivity (Wildman–Crippen MR) is 85.0 cm³/mol. The summed E-state index contributed by atoms with van der Waals surface area (Å²) >= 11 is 0. The summed E-state index contributed by atoms with van der Waals surface area (Å²) in [5, 5.41) is 7.53. The van der Waals surface area contributed by atoms with Gasteiger partial charge >= 0.3 is 0 Å². The lowest BCUT2D eigenvalue weighted by Crippen LogP contribution is -2.31. The van der Waals surface area contributed by atoms with Crippen LogP contribution in [0.15, 0.2) is 36.7 Å². The maximum atomic E-state index is 13.5. The lowest BCUT2D eigenvalue weighted by molar-refractivity contribution is 0.237. The zero-order valence-electron chi connectivity index (χ0n) is 13.0. The first-order valence-electron chi connectivity index (χ1n) is 7.71. The van der Waals surface area contributed by atoms with Gasteiger partial charge in [0.2, 0.25) is 0 Å². The van der Waals surface area contributed by atoms with Crippen molar-refractivity contribution in [2.24, 2.45) is 7.05 Å². The van der Waals surface area contributed by atoms with Gasteiger partial charge in [-0.15, -0.1) is 0 Å². The van der Waals surface area contributed by atoms with E-state index >= 15 is 0 Å². The fraction of sp³-hybridized carbons (Fsp3) is 0.294. The van der Waals surface area contributed by atoms with Crippen molar-refractivity contribution in [1.82, 2.24) is 24.6 Å². The van der Waals surface area contributed by atoms with Gasteiger partial charge in [0.05, 0.1) is 12.2 Å². The summed E-state index contributed by atoms with van der Waals surface area (Å²) in [6.45, 7) is 2.56. The van der Waals surface area contributed by atoms with Gasteiger partial charge in [-0.05, 0) is 12.1 Å². The van der Waals surface area contributed by atoms with Gasteiger partial charge in [0.15, 0.2) is 0 Å². The molecule has 0 atom stereocenters. The smallest absolute Gasteiger partial charge is 0.123 e. The van der Waals surface area contributed by atoms with Crippen molar-refractivity contribution in [3.05, 3.63) is 59.6 Å². The highest BCUT2D eigenvalue weighted by Crippen LogP contribution is 2.29. The molecule has 1 N–H and O–H groups in total. The van der Waals surface area contributed by atoms with Gasteiger partial charge < -0.3 is 4.57 Å². The van der Waals surface area contributed by atoms with E-state index in [0.717, 1.165) is 54.4 Å². The summed E-state index contributed by atoms with van der Waals surface area (Å²) in [5.74, 6) is 0.809. The molecule has 1 aliphatic heterocycles. The number of hydrogen-bond donors (Lipinski definition) is 1. The topological polar surface area (TPSA) is 49.7 Å². The SMILES string of the molecule is Cn1ccnc1CN1CCc2[nH]nc(-c3cccc(F)c3)c2C1. The Hall–Kier alpha value is -2.47.